The molecule has 1 aliphatic rings. The molecule has 0 spiro atoms. The molecule has 3 nitrogen and oxygen atoms in total. The van der Waals surface area contributed by atoms with E-state index in [1.54, 1.807) is 11.3 Å². The normalized spacial score (nSPS) is 17.9. The van der Waals surface area contributed by atoms with Gasteiger partial charge >= 0.3 is 33.9 Å². The van der Waals surface area contributed by atoms with Crippen LogP contribution in [0.1, 0.15) is 69.2 Å². The Balaban J connectivity index is -0.000000374. The molecule has 1 saturated heterocycles. The van der Waals surface area contributed by atoms with Gasteiger partial charge in [-0.25, -0.2) is 0 Å². The van der Waals surface area contributed by atoms with E-state index in [1.165, 1.54) is 12.1 Å². The molecular weight excluding hydrogens is 407 g/mol. The first-order chi connectivity index (χ1) is 12.1. The Bertz CT molecular complexity index is 437. The molecule has 5 heteroatoms. The first kappa shape index (κ1) is 35.6. The van der Waals surface area contributed by atoms with E-state index in [0.717, 1.165) is 0 Å². The molecular formula is C23H37CrO3P+. The second-order valence-corrected chi connectivity index (χ2v) is 13.8. The predicted molar refractivity (Wildman–Crippen MR) is 112 cm³/mol. The topological polar surface area (TPSA) is 59.7 Å². The first-order valence-electron chi connectivity index (χ1n) is 8.93. The molecule has 0 aromatic heterocycles. The van der Waals surface area contributed by atoms with Crippen LogP contribution in [0.25, 0.3) is 0 Å². The first-order valence-corrected chi connectivity index (χ1v) is 11.4. The van der Waals surface area contributed by atoms with Gasteiger partial charge in [-0.3, -0.25) is 0 Å². The summed E-state index contributed by atoms with van der Waals surface area (Å²) in [6.45, 7) is 39.8. The zero-order valence-corrected chi connectivity index (χ0v) is 21.6. The van der Waals surface area contributed by atoms with E-state index in [2.05, 4.69) is 109 Å². The van der Waals surface area contributed by atoms with Crippen LogP contribution in [0.15, 0.2) is 0 Å². The van der Waals surface area contributed by atoms with Gasteiger partial charge < -0.3 is 0 Å². The Morgan fingerprint density at radius 2 is 0.929 bits per heavy atom. The molecule has 1 fully saturated rings. The maximum absolute atomic E-state index is 7.50. The summed E-state index contributed by atoms with van der Waals surface area (Å²) in [6, 6.07) is 0. The molecule has 1 aliphatic heterocycles. The van der Waals surface area contributed by atoms with Crippen LogP contribution in [-0.4, -0.2) is 12.8 Å². The minimum Gasteiger partial charge on any atom is 0 e. The monoisotopic (exact) mass is 444 g/mol. The molecule has 0 aromatic rings. The van der Waals surface area contributed by atoms with Crippen LogP contribution in [-0.2, 0) is 31.3 Å². The fraction of sp³-hybridized carbons (Fsp3) is 0.652. The SMILES string of the molecule is CC[P+]1(C)[C](C(C)(C)C)[CH][C](C(C)(C)C)[CH][C]1C(C)(C)C.[C-]#[O+].[C-]#[O+].[C-]#[O+].[Cr]. The number of hydrogen-bond donors (Lipinski definition) is 0. The summed E-state index contributed by atoms with van der Waals surface area (Å²) in [6.07, 6.45) is 6.37. The van der Waals surface area contributed by atoms with Crippen molar-refractivity contribution in [3.05, 3.63) is 50.0 Å². The van der Waals surface area contributed by atoms with Gasteiger partial charge in [-0.05, 0) is 18.3 Å². The van der Waals surface area contributed by atoms with Crippen molar-refractivity contribution in [2.75, 3.05) is 12.8 Å². The maximum Gasteiger partial charge on any atom is 0 e. The summed E-state index contributed by atoms with van der Waals surface area (Å²) < 4.78 is 22.5. The summed E-state index contributed by atoms with van der Waals surface area (Å²) in [4.78, 5) is 0. The molecule has 0 saturated carbocycles. The molecule has 28 heavy (non-hydrogen) atoms. The summed E-state index contributed by atoms with van der Waals surface area (Å²) in [5, 5.41) is 0. The van der Waals surface area contributed by atoms with Crippen molar-refractivity contribution >= 4 is 7.26 Å². The van der Waals surface area contributed by atoms with Crippen LogP contribution >= 0.6 is 7.26 Å². The minimum absolute atomic E-state index is 0. The molecule has 0 bridgehead atoms. The Kier molecular flexibility index (Phi) is 18.1. The summed E-state index contributed by atoms with van der Waals surface area (Å²) in [5.41, 5.74) is 4.12. The predicted octanol–water partition coefficient (Wildman–Crippen LogP) is 6.74. The van der Waals surface area contributed by atoms with Crippen LogP contribution in [0.5, 0.6) is 0 Å². The van der Waals surface area contributed by atoms with Gasteiger partial charge in [0.05, 0.1) is 12.8 Å². The molecule has 0 atom stereocenters. The molecule has 0 amide bonds. The molecule has 5 radical (unpaired) electrons. The Morgan fingerprint density at radius 1 is 0.679 bits per heavy atom. The van der Waals surface area contributed by atoms with Gasteiger partial charge in [0.15, 0.2) is 0 Å². The van der Waals surface area contributed by atoms with E-state index in [4.69, 9.17) is 14.0 Å². The molecule has 1 heterocycles. The van der Waals surface area contributed by atoms with Crippen LogP contribution in [0.2, 0.25) is 0 Å². The van der Waals surface area contributed by atoms with Crippen molar-refractivity contribution in [2.24, 2.45) is 16.2 Å². The average molecular weight is 445 g/mol. The minimum atomic E-state index is -1.21. The summed E-state index contributed by atoms with van der Waals surface area (Å²) in [5.74, 6) is 1.50. The smallest absolute Gasteiger partial charge is 0 e. The summed E-state index contributed by atoms with van der Waals surface area (Å²) >= 11 is 0. The second kappa shape index (κ2) is 14.2. The van der Waals surface area contributed by atoms with Crippen LogP contribution < -0.4 is 0 Å². The van der Waals surface area contributed by atoms with Crippen LogP contribution in [0.3, 0.4) is 0 Å². The van der Waals surface area contributed by atoms with Crippen molar-refractivity contribution in [2.45, 2.75) is 69.2 Å². The zero-order chi connectivity index (χ0) is 22.9. The molecule has 0 aliphatic carbocycles. The molecule has 0 aromatic carbocycles. The Labute approximate surface area is 186 Å². The van der Waals surface area contributed by atoms with Gasteiger partial charge in [-0.15, -0.1) is 0 Å². The van der Waals surface area contributed by atoms with E-state index in [1.807, 2.05) is 0 Å². The third-order valence-corrected chi connectivity index (χ3v) is 9.67. The van der Waals surface area contributed by atoms with Crippen molar-refractivity contribution in [1.29, 1.82) is 0 Å². The maximum atomic E-state index is 7.50. The van der Waals surface area contributed by atoms with Crippen molar-refractivity contribution < 1.29 is 31.3 Å². The molecule has 1 rings (SSSR count). The van der Waals surface area contributed by atoms with E-state index in [9.17, 15) is 0 Å². The molecule has 0 N–H and O–H groups in total. The summed E-state index contributed by atoms with van der Waals surface area (Å²) in [7, 11) is -1.21. The second-order valence-electron chi connectivity index (χ2n) is 9.77. The van der Waals surface area contributed by atoms with Crippen molar-refractivity contribution in [3.63, 3.8) is 0 Å². The van der Waals surface area contributed by atoms with Gasteiger partial charge in [0.2, 0.25) is 0 Å². The van der Waals surface area contributed by atoms with Crippen LogP contribution in [0.4, 0.5) is 0 Å². The third-order valence-electron chi connectivity index (χ3n) is 4.68. The van der Waals surface area contributed by atoms with Gasteiger partial charge in [0.1, 0.15) is 11.3 Å². The van der Waals surface area contributed by atoms with Crippen molar-refractivity contribution in [1.82, 2.24) is 0 Å². The number of hydrogen-bond acceptors (Lipinski definition) is 0. The fourth-order valence-corrected chi connectivity index (χ4v) is 8.19. The largest absolute Gasteiger partial charge is 0 e. The van der Waals surface area contributed by atoms with Gasteiger partial charge in [-0.2, -0.15) is 0 Å². The molecule has 0 unspecified atom stereocenters. The van der Waals surface area contributed by atoms with Crippen LogP contribution in [0, 0.1) is 66.3 Å². The number of rotatable bonds is 1. The fourth-order valence-electron chi connectivity index (χ4n) is 3.44. The molecule has 157 valence electrons. The Morgan fingerprint density at radius 3 is 1.07 bits per heavy atom. The van der Waals surface area contributed by atoms with E-state index < -0.39 is 7.26 Å². The zero-order valence-electron chi connectivity index (χ0n) is 19.4. The Hall–Kier alpha value is 0.182. The van der Waals surface area contributed by atoms with E-state index in [-0.39, 0.29) is 33.6 Å². The van der Waals surface area contributed by atoms with E-state index >= 15 is 0 Å². The van der Waals surface area contributed by atoms with Gasteiger partial charge in [-0.1, -0.05) is 62.3 Å². The quantitative estimate of drug-likeness (QED) is 0.244. The van der Waals surface area contributed by atoms with Gasteiger partial charge in [0, 0.05) is 48.3 Å². The van der Waals surface area contributed by atoms with Gasteiger partial charge in [0.25, 0.3) is 0 Å². The average Bonchev–Trinajstić information content (AvgIpc) is 2.57. The van der Waals surface area contributed by atoms with Crippen molar-refractivity contribution in [3.8, 4) is 0 Å². The third kappa shape index (κ3) is 9.79. The standard InChI is InChI=1S/C20H37P.3CO.Cr/c1-12-21(11)16(19(5,6)7)13-15(18(2,3)4)14-17(21)20(8,9)10;3*1-2;/h13-14H,12H2,1-11H3;;;;/q+1;;;;. The van der Waals surface area contributed by atoms with E-state index in [0.29, 0.717) is 0 Å².